The number of carbonyl (C=O) groups excluding carboxylic acids is 3. The molecule has 0 saturated carbocycles. The number of hydrogen-bond donors (Lipinski definition) is 0. The summed E-state index contributed by atoms with van der Waals surface area (Å²) in [6.45, 7) is 6.65. The first-order valence-electron chi connectivity index (χ1n) is 30.5. The minimum atomic E-state index is -0.771. The molecule has 0 aromatic rings. The Balaban J connectivity index is 4.27. The molecular formula is C63H116O6. The van der Waals surface area contributed by atoms with Gasteiger partial charge < -0.3 is 14.2 Å². The lowest BCUT2D eigenvalue weighted by molar-refractivity contribution is -0.167. The first-order valence-corrected chi connectivity index (χ1v) is 30.5. The summed E-state index contributed by atoms with van der Waals surface area (Å²) in [6.07, 6.45) is 70.0. The van der Waals surface area contributed by atoms with Crippen molar-refractivity contribution in [3.8, 4) is 0 Å². The van der Waals surface area contributed by atoms with Gasteiger partial charge in [-0.25, -0.2) is 0 Å². The van der Waals surface area contributed by atoms with Crippen molar-refractivity contribution in [2.24, 2.45) is 0 Å². The van der Waals surface area contributed by atoms with Crippen LogP contribution in [0, 0.1) is 0 Å². The quantitative estimate of drug-likeness (QED) is 0.0261. The molecule has 0 bridgehead atoms. The predicted molar refractivity (Wildman–Crippen MR) is 298 cm³/mol. The van der Waals surface area contributed by atoms with Crippen LogP contribution in [0.3, 0.4) is 0 Å². The van der Waals surface area contributed by atoms with Gasteiger partial charge in [0.2, 0.25) is 0 Å². The van der Waals surface area contributed by atoms with Crippen molar-refractivity contribution in [2.75, 3.05) is 13.2 Å². The Kier molecular flexibility index (Phi) is 56.2. The molecule has 0 N–H and O–H groups in total. The van der Waals surface area contributed by atoms with Gasteiger partial charge in [0.05, 0.1) is 0 Å². The number of rotatable bonds is 56. The Labute approximate surface area is 429 Å². The van der Waals surface area contributed by atoms with Crippen LogP contribution in [0.1, 0.15) is 329 Å². The van der Waals surface area contributed by atoms with Gasteiger partial charge in [0.1, 0.15) is 13.2 Å². The highest BCUT2D eigenvalue weighted by Crippen LogP contribution is 2.17. The molecule has 69 heavy (non-hydrogen) atoms. The van der Waals surface area contributed by atoms with Crippen LogP contribution in [-0.2, 0) is 28.6 Å². The topological polar surface area (TPSA) is 78.9 Å². The van der Waals surface area contributed by atoms with Crippen molar-refractivity contribution in [3.63, 3.8) is 0 Å². The molecule has 0 aliphatic rings. The fourth-order valence-corrected chi connectivity index (χ4v) is 9.00. The van der Waals surface area contributed by atoms with E-state index < -0.39 is 6.10 Å². The van der Waals surface area contributed by atoms with Gasteiger partial charge in [-0.15, -0.1) is 0 Å². The molecule has 0 rings (SSSR count). The van der Waals surface area contributed by atoms with Gasteiger partial charge in [0.25, 0.3) is 0 Å². The van der Waals surface area contributed by atoms with Gasteiger partial charge in [-0.05, 0) is 77.0 Å². The van der Waals surface area contributed by atoms with Crippen LogP contribution in [0.5, 0.6) is 0 Å². The molecule has 0 aliphatic heterocycles. The number of allylic oxidation sites excluding steroid dienone is 6. The van der Waals surface area contributed by atoms with E-state index >= 15 is 0 Å². The molecule has 0 unspecified atom stereocenters. The Bertz CT molecular complexity index is 1160. The molecule has 0 heterocycles. The molecular weight excluding hydrogens is 853 g/mol. The highest BCUT2D eigenvalue weighted by atomic mass is 16.6. The molecule has 0 radical (unpaired) electrons. The molecule has 6 nitrogen and oxygen atoms in total. The zero-order valence-electron chi connectivity index (χ0n) is 46.3. The average molecular weight is 970 g/mol. The van der Waals surface area contributed by atoms with E-state index in [1.807, 2.05) is 0 Å². The van der Waals surface area contributed by atoms with Crippen LogP contribution in [-0.4, -0.2) is 37.2 Å². The number of unbranched alkanes of at least 4 members (excludes halogenated alkanes) is 39. The molecule has 1 atom stereocenters. The molecule has 404 valence electrons. The zero-order valence-corrected chi connectivity index (χ0v) is 46.3. The van der Waals surface area contributed by atoms with Crippen molar-refractivity contribution in [2.45, 2.75) is 335 Å². The second-order valence-corrected chi connectivity index (χ2v) is 20.6. The highest BCUT2D eigenvalue weighted by Gasteiger charge is 2.19. The van der Waals surface area contributed by atoms with Crippen LogP contribution < -0.4 is 0 Å². The maximum atomic E-state index is 12.9. The van der Waals surface area contributed by atoms with Crippen LogP contribution in [0.2, 0.25) is 0 Å². The Morgan fingerprint density at radius 2 is 0.522 bits per heavy atom. The minimum Gasteiger partial charge on any atom is -0.462 e. The van der Waals surface area contributed by atoms with Gasteiger partial charge in [-0.3, -0.25) is 14.4 Å². The Morgan fingerprint density at radius 1 is 0.290 bits per heavy atom. The van der Waals surface area contributed by atoms with E-state index in [1.54, 1.807) is 0 Å². The van der Waals surface area contributed by atoms with E-state index in [0.29, 0.717) is 19.3 Å². The number of esters is 3. The van der Waals surface area contributed by atoms with Gasteiger partial charge in [0.15, 0.2) is 6.10 Å². The summed E-state index contributed by atoms with van der Waals surface area (Å²) in [5, 5.41) is 0. The fourth-order valence-electron chi connectivity index (χ4n) is 9.00. The third kappa shape index (κ3) is 56.4. The Hall–Kier alpha value is -2.37. The summed E-state index contributed by atoms with van der Waals surface area (Å²) in [4.78, 5) is 38.2. The van der Waals surface area contributed by atoms with Crippen molar-refractivity contribution >= 4 is 17.9 Å². The molecule has 0 amide bonds. The summed E-state index contributed by atoms with van der Waals surface area (Å²) in [6, 6.07) is 0. The Morgan fingerprint density at radius 3 is 0.841 bits per heavy atom. The second-order valence-electron chi connectivity index (χ2n) is 20.6. The van der Waals surface area contributed by atoms with E-state index in [9.17, 15) is 14.4 Å². The molecule has 0 aromatic carbocycles. The number of carbonyl (C=O) groups is 3. The monoisotopic (exact) mass is 969 g/mol. The van der Waals surface area contributed by atoms with E-state index in [-0.39, 0.29) is 31.1 Å². The lowest BCUT2D eigenvalue weighted by Gasteiger charge is -2.18. The second kappa shape index (κ2) is 58.2. The van der Waals surface area contributed by atoms with Gasteiger partial charge in [-0.2, -0.15) is 0 Å². The molecule has 0 fully saturated rings. The summed E-state index contributed by atoms with van der Waals surface area (Å²) in [7, 11) is 0. The standard InChI is InChI=1S/C63H116O6/c1-4-7-10-13-16-19-22-24-26-28-30-31-33-35-37-39-42-45-48-51-54-57-63(66)69-60(58-67-61(64)55-52-49-46-43-40-21-18-15-12-9-6-3)59-68-62(65)56-53-50-47-44-41-38-36-34-32-29-27-25-23-20-17-14-11-8-5-2/h17,20,24-27,60H,4-16,18-19,21-23,28-59H2,1-3H3/b20-17-,26-24-,27-25-/t60-/m0/s1. The van der Waals surface area contributed by atoms with Crippen LogP contribution >= 0.6 is 0 Å². The first-order chi connectivity index (χ1) is 34.0. The molecule has 6 heteroatoms. The van der Waals surface area contributed by atoms with E-state index in [2.05, 4.69) is 57.2 Å². The van der Waals surface area contributed by atoms with Crippen molar-refractivity contribution in [3.05, 3.63) is 36.5 Å². The van der Waals surface area contributed by atoms with E-state index in [1.165, 1.54) is 225 Å². The lowest BCUT2D eigenvalue weighted by atomic mass is 10.0. The zero-order chi connectivity index (χ0) is 50.0. The third-order valence-corrected chi connectivity index (χ3v) is 13.6. The number of hydrogen-bond acceptors (Lipinski definition) is 6. The number of ether oxygens (including phenoxy) is 3. The van der Waals surface area contributed by atoms with Crippen LogP contribution in [0.15, 0.2) is 36.5 Å². The maximum Gasteiger partial charge on any atom is 0.306 e. The van der Waals surface area contributed by atoms with E-state index in [0.717, 1.165) is 64.2 Å². The minimum absolute atomic E-state index is 0.0696. The smallest absolute Gasteiger partial charge is 0.306 e. The summed E-state index contributed by atoms with van der Waals surface area (Å²) in [5.74, 6) is -0.856. The van der Waals surface area contributed by atoms with Crippen LogP contribution in [0.25, 0.3) is 0 Å². The van der Waals surface area contributed by atoms with Crippen molar-refractivity contribution in [1.29, 1.82) is 0 Å². The highest BCUT2D eigenvalue weighted by molar-refractivity contribution is 5.71. The summed E-state index contributed by atoms with van der Waals surface area (Å²) < 4.78 is 16.9. The van der Waals surface area contributed by atoms with Gasteiger partial charge in [0, 0.05) is 19.3 Å². The molecule has 0 spiro atoms. The molecule has 0 saturated heterocycles. The predicted octanol–water partition coefficient (Wildman–Crippen LogP) is 20.4. The average Bonchev–Trinajstić information content (AvgIpc) is 3.35. The lowest BCUT2D eigenvalue weighted by Crippen LogP contribution is -2.30. The molecule has 0 aromatic heterocycles. The van der Waals surface area contributed by atoms with Crippen LogP contribution in [0.4, 0.5) is 0 Å². The largest absolute Gasteiger partial charge is 0.462 e. The van der Waals surface area contributed by atoms with Crippen molar-refractivity contribution in [1.82, 2.24) is 0 Å². The van der Waals surface area contributed by atoms with E-state index in [4.69, 9.17) is 14.2 Å². The van der Waals surface area contributed by atoms with Gasteiger partial charge in [-0.1, -0.05) is 269 Å². The normalized spacial score (nSPS) is 12.2. The van der Waals surface area contributed by atoms with Crippen molar-refractivity contribution < 1.29 is 28.6 Å². The summed E-state index contributed by atoms with van der Waals surface area (Å²) >= 11 is 0. The third-order valence-electron chi connectivity index (χ3n) is 13.6. The fraction of sp³-hybridized carbons (Fsp3) is 0.857. The first kappa shape index (κ1) is 66.6. The van der Waals surface area contributed by atoms with Gasteiger partial charge >= 0.3 is 17.9 Å². The summed E-state index contributed by atoms with van der Waals surface area (Å²) in [5.41, 5.74) is 0. The molecule has 0 aliphatic carbocycles. The maximum absolute atomic E-state index is 12.9. The SMILES string of the molecule is CCCCC/C=C\C/C=C\CCCCCCCCCCCC(=O)OC[C@H](COC(=O)CCCCCCCCCCCCC)OC(=O)CCCCCCCCCCCCC/C=C\CCCCCCCC.